The van der Waals surface area contributed by atoms with Crippen molar-refractivity contribution in [1.29, 1.82) is 5.26 Å². The first-order valence-electron chi connectivity index (χ1n) is 5.75. The lowest BCUT2D eigenvalue weighted by molar-refractivity contribution is -0.0913. The molecule has 0 aliphatic heterocycles. The lowest BCUT2D eigenvalue weighted by Gasteiger charge is -2.16. The fourth-order valence-electron chi connectivity index (χ4n) is 1.76. The summed E-state index contributed by atoms with van der Waals surface area (Å²) in [5.41, 5.74) is 1.63. The smallest absolute Gasteiger partial charge is 0.186 e. The van der Waals surface area contributed by atoms with Gasteiger partial charge in [0.25, 0.3) is 0 Å². The van der Waals surface area contributed by atoms with Crippen LogP contribution in [0, 0.1) is 11.3 Å². The topological polar surface area (TPSA) is 80.1 Å². The molecule has 2 rings (SSSR count). The van der Waals surface area contributed by atoms with Crippen molar-refractivity contribution in [3.8, 4) is 6.07 Å². The second-order valence-corrected chi connectivity index (χ2v) is 3.83. The van der Waals surface area contributed by atoms with Gasteiger partial charge in [-0.2, -0.15) is 5.26 Å². The zero-order valence-electron chi connectivity index (χ0n) is 10.8. The summed E-state index contributed by atoms with van der Waals surface area (Å²) in [4.78, 5) is 0. The molecule has 1 aromatic heterocycles. The monoisotopic (exact) mass is 258 g/mol. The summed E-state index contributed by atoms with van der Waals surface area (Å²) in [6.07, 6.45) is -0.390. The lowest BCUT2D eigenvalue weighted by Crippen LogP contribution is -2.24. The van der Waals surface area contributed by atoms with Crippen LogP contribution in [0.2, 0.25) is 0 Å². The molecule has 0 spiro atoms. The number of ether oxygens (including phenoxy) is 2. The number of benzene rings is 1. The Labute approximate surface area is 111 Å². The van der Waals surface area contributed by atoms with E-state index in [1.165, 1.54) is 0 Å². The second kappa shape index (κ2) is 6.09. The van der Waals surface area contributed by atoms with Crippen LogP contribution in [0.4, 0.5) is 5.69 Å². The van der Waals surface area contributed by atoms with Crippen molar-refractivity contribution in [2.24, 2.45) is 0 Å². The van der Waals surface area contributed by atoms with E-state index in [0.717, 1.165) is 10.9 Å². The Morgan fingerprint density at radius 1 is 1.26 bits per heavy atom. The summed E-state index contributed by atoms with van der Waals surface area (Å²) in [5.74, 6) is 0. The van der Waals surface area contributed by atoms with Gasteiger partial charge in [0, 0.05) is 19.6 Å². The van der Waals surface area contributed by atoms with Gasteiger partial charge >= 0.3 is 0 Å². The van der Waals surface area contributed by atoms with Crippen molar-refractivity contribution >= 4 is 16.6 Å². The van der Waals surface area contributed by atoms with E-state index in [0.29, 0.717) is 12.2 Å². The average molecular weight is 258 g/mol. The van der Waals surface area contributed by atoms with E-state index in [-0.39, 0.29) is 5.69 Å². The molecular weight excluding hydrogens is 244 g/mol. The molecule has 0 atom stereocenters. The van der Waals surface area contributed by atoms with Gasteiger partial charge in [0.05, 0.1) is 17.7 Å². The molecule has 0 unspecified atom stereocenters. The third-order valence-electron chi connectivity index (χ3n) is 2.75. The first-order valence-corrected chi connectivity index (χ1v) is 5.75. The number of hydrogen-bond donors (Lipinski definition) is 1. The highest BCUT2D eigenvalue weighted by molar-refractivity contribution is 5.92. The highest BCUT2D eigenvalue weighted by atomic mass is 16.7. The lowest BCUT2D eigenvalue weighted by atomic mass is 10.1. The Morgan fingerprint density at radius 2 is 2.00 bits per heavy atom. The summed E-state index contributed by atoms with van der Waals surface area (Å²) < 4.78 is 10.2. The predicted molar refractivity (Wildman–Crippen MR) is 70.5 cm³/mol. The normalized spacial score (nSPS) is 10.6. The van der Waals surface area contributed by atoms with Gasteiger partial charge in [-0.25, -0.2) is 0 Å². The summed E-state index contributed by atoms with van der Waals surface area (Å²) in [6, 6.07) is 9.53. The number of fused-ring (bicyclic) bond motifs is 1. The van der Waals surface area contributed by atoms with E-state index in [2.05, 4.69) is 15.5 Å². The molecule has 98 valence electrons. The molecule has 0 saturated heterocycles. The maximum absolute atomic E-state index is 9.10. The molecule has 0 amide bonds. The minimum atomic E-state index is -0.390. The zero-order valence-corrected chi connectivity index (χ0v) is 10.8. The van der Waals surface area contributed by atoms with Gasteiger partial charge in [-0.15, -0.1) is 10.2 Å². The van der Waals surface area contributed by atoms with E-state index in [1.54, 1.807) is 14.2 Å². The van der Waals surface area contributed by atoms with E-state index < -0.39 is 6.29 Å². The van der Waals surface area contributed by atoms with Gasteiger partial charge < -0.3 is 14.8 Å². The Kier molecular flexibility index (Phi) is 4.23. The number of anilines is 1. The highest BCUT2D eigenvalue weighted by Gasteiger charge is 2.12. The van der Waals surface area contributed by atoms with Crippen LogP contribution in [0.5, 0.6) is 0 Å². The van der Waals surface area contributed by atoms with Crippen LogP contribution in [0.1, 0.15) is 5.69 Å². The molecule has 6 nitrogen and oxygen atoms in total. The van der Waals surface area contributed by atoms with Gasteiger partial charge in [-0.3, -0.25) is 0 Å². The first-order chi connectivity index (χ1) is 9.30. The van der Waals surface area contributed by atoms with Crippen LogP contribution in [0.15, 0.2) is 24.3 Å². The summed E-state index contributed by atoms with van der Waals surface area (Å²) in [5, 5.41) is 21.0. The Bertz CT molecular complexity index is 605. The molecule has 0 fully saturated rings. The predicted octanol–water partition coefficient (Wildman–Crippen LogP) is 1.53. The van der Waals surface area contributed by atoms with Crippen LogP contribution in [0.3, 0.4) is 0 Å². The fraction of sp³-hybridized carbons (Fsp3) is 0.308. The molecule has 19 heavy (non-hydrogen) atoms. The molecule has 0 radical (unpaired) electrons. The van der Waals surface area contributed by atoms with Crippen LogP contribution >= 0.6 is 0 Å². The highest BCUT2D eigenvalue weighted by Crippen LogP contribution is 2.23. The van der Waals surface area contributed by atoms with Gasteiger partial charge in [0.1, 0.15) is 6.07 Å². The van der Waals surface area contributed by atoms with E-state index in [4.69, 9.17) is 14.7 Å². The third-order valence-corrected chi connectivity index (χ3v) is 2.75. The van der Waals surface area contributed by atoms with Crippen molar-refractivity contribution in [2.45, 2.75) is 6.29 Å². The standard InChI is InChI=1S/C13H14N4O2/c1-18-12(19-2)8-15-13-9-5-3-4-6-10(9)16-17-11(13)7-14/h3-6,12H,8H2,1-2H3,(H,15,16). The van der Waals surface area contributed by atoms with Gasteiger partial charge in [0.2, 0.25) is 0 Å². The summed E-state index contributed by atoms with van der Waals surface area (Å²) in [7, 11) is 3.12. The number of rotatable bonds is 5. The SMILES string of the molecule is COC(CNc1c(C#N)nnc2ccccc12)OC. The van der Waals surface area contributed by atoms with Crippen LogP contribution in [-0.2, 0) is 9.47 Å². The molecule has 1 heterocycles. The molecule has 0 bridgehead atoms. The maximum Gasteiger partial charge on any atom is 0.186 e. The molecule has 0 aliphatic carbocycles. The largest absolute Gasteiger partial charge is 0.377 e. The molecule has 2 aromatic rings. The number of aromatic nitrogens is 2. The van der Waals surface area contributed by atoms with Crippen LogP contribution in [-0.4, -0.2) is 37.3 Å². The number of nitrogens with zero attached hydrogens (tertiary/aromatic N) is 3. The van der Waals surface area contributed by atoms with Crippen molar-refractivity contribution in [3.63, 3.8) is 0 Å². The fourth-order valence-corrected chi connectivity index (χ4v) is 1.76. The minimum absolute atomic E-state index is 0.254. The van der Waals surface area contributed by atoms with E-state index in [9.17, 15) is 0 Å². The number of hydrogen-bond acceptors (Lipinski definition) is 6. The zero-order chi connectivity index (χ0) is 13.7. The maximum atomic E-state index is 9.10. The van der Waals surface area contributed by atoms with Crippen molar-refractivity contribution in [3.05, 3.63) is 30.0 Å². The molecular formula is C13H14N4O2. The molecule has 1 aromatic carbocycles. The van der Waals surface area contributed by atoms with Crippen LogP contribution < -0.4 is 5.32 Å². The molecule has 1 N–H and O–H groups in total. The quantitative estimate of drug-likeness (QED) is 0.819. The van der Waals surface area contributed by atoms with Gasteiger partial charge in [-0.05, 0) is 6.07 Å². The van der Waals surface area contributed by atoms with Crippen molar-refractivity contribution in [1.82, 2.24) is 10.2 Å². The van der Waals surface area contributed by atoms with E-state index >= 15 is 0 Å². The van der Waals surface area contributed by atoms with Crippen LogP contribution in [0.25, 0.3) is 10.9 Å². The Hall–Kier alpha value is -2.23. The minimum Gasteiger partial charge on any atom is -0.377 e. The second-order valence-electron chi connectivity index (χ2n) is 3.83. The Balaban J connectivity index is 2.37. The van der Waals surface area contributed by atoms with Crippen molar-refractivity contribution in [2.75, 3.05) is 26.1 Å². The van der Waals surface area contributed by atoms with Gasteiger partial charge in [-0.1, -0.05) is 18.2 Å². The number of nitrogens with one attached hydrogen (secondary N) is 1. The number of nitriles is 1. The Morgan fingerprint density at radius 3 is 2.68 bits per heavy atom. The summed E-state index contributed by atoms with van der Waals surface area (Å²) in [6.45, 7) is 0.414. The van der Waals surface area contributed by atoms with E-state index in [1.807, 2.05) is 30.3 Å². The summed E-state index contributed by atoms with van der Waals surface area (Å²) >= 11 is 0. The molecule has 0 saturated carbocycles. The average Bonchev–Trinajstić information content (AvgIpc) is 2.48. The third kappa shape index (κ3) is 2.78. The van der Waals surface area contributed by atoms with Gasteiger partial charge in [0.15, 0.2) is 12.0 Å². The van der Waals surface area contributed by atoms with Crippen molar-refractivity contribution < 1.29 is 9.47 Å². The molecule has 6 heteroatoms. The number of methoxy groups -OCH3 is 2. The molecule has 0 aliphatic rings. The first kappa shape index (κ1) is 13.2.